The average Bonchev–Trinajstić information content (AvgIpc) is 2.77. The van der Waals surface area contributed by atoms with Crippen molar-refractivity contribution >= 4 is 21.0 Å². The molecule has 0 bridgehead atoms. The van der Waals surface area contributed by atoms with Crippen LogP contribution >= 0.6 is 0 Å². The Bertz CT molecular complexity index is 586. The molecule has 0 atom stereocenters. The van der Waals surface area contributed by atoms with E-state index in [2.05, 4.69) is 10.0 Å². The molecule has 98 valence electrons. The molecule has 0 aliphatic carbocycles. The van der Waals surface area contributed by atoms with Gasteiger partial charge in [0, 0.05) is 11.9 Å². The van der Waals surface area contributed by atoms with E-state index in [0.29, 0.717) is 13.1 Å². The quantitative estimate of drug-likeness (QED) is 0.769. The number of hydrogen-bond donors (Lipinski definition) is 2. The van der Waals surface area contributed by atoms with Crippen molar-refractivity contribution in [2.45, 2.75) is 6.54 Å². The molecule has 0 saturated carbocycles. The first kappa shape index (κ1) is 13.1. The largest absolute Gasteiger partial charge is 0.460 e. The number of furan rings is 1. The van der Waals surface area contributed by atoms with E-state index in [1.54, 1.807) is 0 Å². The van der Waals surface area contributed by atoms with Gasteiger partial charge in [0.2, 0.25) is 10.0 Å². The van der Waals surface area contributed by atoms with Crippen LogP contribution in [0.1, 0.15) is 5.76 Å². The van der Waals surface area contributed by atoms with Crippen molar-refractivity contribution in [3.63, 3.8) is 0 Å². The van der Waals surface area contributed by atoms with Gasteiger partial charge in [-0.3, -0.25) is 0 Å². The molecule has 0 radical (unpaired) electrons. The van der Waals surface area contributed by atoms with Crippen LogP contribution in [0.2, 0.25) is 0 Å². The summed E-state index contributed by atoms with van der Waals surface area (Å²) in [7, 11) is -1.73. The summed E-state index contributed by atoms with van der Waals surface area (Å²) in [5.41, 5.74) is 0.845. The first-order chi connectivity index (χ1) is 8.61. The molecule has 0 aliphatic rings. The van der Waals surface area contributed by atoms with Gasteiger partial charge < -0.3 is 9.73 Å². The van der Waals surface area contributed by atoms with E-state index in [9.17, 15) is 8.42 Å². The van der Waals surface area contributed by atoms with E-state index in [1.807, 2.05) is 30.3 Å². The Kier molecular flexibility index (Phi) is 4.00. The van der Waals surface area contributed by atoms with E-state index in [0.717, 1.165) is 16.7 Å². The van der Waals surface area contributed by atoms with Crippen LogP contribution in [-0.2, 0) is 16.6 Å². The summed E-state index contributed by atoms with van der Waals surface area (Å²) in [6, 6.07) is 9.71. The zero-order valence-corrected chi connectivity index (χ0v) is 11.0. The summed E-state index contributed by atoms with van der Waals surface area (Å²) < 4.78 is 30.2. The summed E-state index contributed by atoms with van der Waals surface area (Å²) >= 11 is 0. The topological polar surface area (TPSA) is 71.3 Å². The number of nitrogens with one attached hydrogen (secondary N) is 2. The van der Waals surface area contributed by atoms with Crippen molar-refractivity contribution in [1.82, 2.24) is 10.0 Å². The van der Waals surface area contributed by atoms with Crippen LogP contribution in [0.25, 0.3) is 11.0 Å². The number of rotatable bonds is 6. The molecule has 2 N–H and O–H groups in total. The third kappa shape index (κ3) is 3.32. The fourth-order valence-corrected chi connectivity index (χ4v) is 2.26. The fourth-order valence-electron chi connectivity index (χ4n) is 1.64. The monoisotopic (exact) mass is 268 g/mol. The standard InChI is InChI=1S/C12H16N2O3S/c1-13-18(15,16)7-6-14-9-11-8-10-4-2-3-5-12(10)17-11/h2-5,8,13-14H,6-7,9H2,1H3. The van der Waals surface area contributed by atoms with Crippen LogP contribution < -0.4 is 10.0 Å². The molecule has 0 saturated heterocycles. The lowest BCUT2D eigenvalue weighted by Crippen LogP contribution is -2.29. The smallest absolute Gasteiger partial charge is 0.212 e. The Morgan fingerprint density at radius 3 is 2.78 bits per heavy atom. The van der Waals surface area contributed by atoms with E-state index in [-0.39, 0.29) is 5.75 Å². The van der Waals surface area contributed by atoms with E-state index in [1.165, 1.54) is 7.05 Å². The highest BCUT2D eigenvalue weighted by Crippen LogP contribution is 2.18. The molecule has 1 heterocycles. The van der Waals surface area contributed by atoms with Crippen LogP contribution in [0, 0.1) is 0 Å². The van der Waals surface area contributed by atoms with Gasteiger partial charge in [0.25, 0.3) is 0 Å². The minimum absolute atomic E-state index is 0.0593. The zero-order valence-electron chi connectivity index (χ0n) is 10.1. The normalized spacial score (nSPS) is 12.1. The maximum absolute atomic E-state index is 11.2. The molecule has 1 aromatic carbocycles. The van der Waals surface area contributed by atoms with Gasteiger partial charge in [0.05, 0.1) is 12.3 Å². The van der Waals surface area contributed by atoms with Gasteiger partial charge in [-0.25, -0.2) is 13.1 Å². The van der Waals surface area contributed by atoms with Gasteiger partial charge in [-0.2, -0.15) is 0 Å². The average molecular weight is 268 g/mol. The van der Waals surface area contributed by atoms with Crippen LogP contribution in [0.5, 0.6) is 0 Å². The lowest BCUT2D eigenvalue weighted by molar-refractivity contribution is 0.518. The van der Waals surface area contributed by atoms with Crippen LogP contribution in [-0.4, -0.2) is 27.8 Å². The number of hydrogen-bond acceptors (Lipinski definition) is 4. The van der Waals surface area contributed by atoms with Gasteiger partial charge in [-0.05, 0) is 19.2 Å². The molecule has 1 aromatic heterocycles. The second-order valence-electron chi connectivity index (χ2n) is 3.95. The third-order valence-corrected chi connectivity index (χ3v) is 4.00. The summed E-state index contributed by atoms with van der Waals surface area (Å²) in [6.07, 6.45) is 0. The summed E-state index contributed by atoms with van der Waals surface area (Å²) in [5.74, 6) is 0.863. The Morgan fingerprint density at radius 1 is 1.28 bits per heavy atom. The summed E-state index contributed by atoms with van der Waals surface area (Å²) in [4.78, 5) is 0. The van der Waals surface area contributed by atoms with E-state index < -0.39 is 10.0 Å². The highest BCUT2D eigenvalue weighted by Gasteiger charge is 2.06. The highest BCUT2D eigenvalue weighted by molar-refractivity contribution is 7.89. The van der Waals surface area contributed by atoms with Gasteiger partial charge in [-0.1, -0.05) is 18.2 Å². The number of para-hydroxylation sites is 1. The van der Waals surface area contributed by atoms with E-state index >= 15 is 0 Å². The lowest BCUT2D eigenvalue weighted by Gasteiger charge is -2.03. The molecular formula is C12H16N2O3S. The molecule has 2 rings (SSSR count). The second-order valence-corrected chi connectivity index (χ2v) is 6.00. The molecule has 0 spiro atoms. The fraction of sp³-hybridized carbons (Fsp3) is 0.333. The van der Waals surface area contributed by atoms with Crippen LogP contribution in [0.4, 0.5) is 0 Å². The van der Waals surface area contributed by atoms with Gasteiger partial charge in [-0.15, -0.1) is 0 Å². The van der Waals surface area contributed by atoms with Crippen molar-refractivity contribution < 1.29 is 12.8 Å². The first-order valence-corrected chi connectivity index (χ1v) is 7.35. The third-order valence-electron chi connectivity index (χ3n) is 2.63. The predicted octanol–water partition coefficient (Wildman–Crippen LogP) is 1.07. The molecule has 2 aromatic rings. The zero-order chi connectivity index (χ0) is 13.0. The highest BCUT2D eigenvalue weighted by atomic mass is 32.2. The number of benzene rings is 1. The second kappa shape index (κ2) is 5.51. The first-order valence-electron chi connectivity index (χ1n) is 5.70. The van der Waals surface area contributed by atoms with Gasteiger partial charge in [0.15, 0.2) is 0 Å². The predicted molar refractivity (Wildman–Crippen MR) is 70.8 cm³/mol. The van der Waals surface area contributed by atoms with Crippen molar-refractivity contribution in [2.24, 2.45) is 0 Å². The Hall–Kier alpha value is -1.37. The minimum Gasteiger partial charge on any atom is -0.460 e. The van der Waals surface area contributed by atoms with Crippen LogP contribution in [0.15, 0.2) is 34.7 Å². The number of sulfonamides is 1. The van der Waals surface area contributed by atoms with Crippen molar-refractivity contribution in [2.75, 3.05) is 19.3 Å². The van der Waals surface area contributed by atoms with Crippen molar-refractivity contribution in [3.05, 3.63) is 36.1 Å². The molecule has 18 heavy (non-hydrogen) atoms. The Morgan fingerprint density at radius 2 is 2.06 bits per heavy atom. The molecule has 5 nitrogen and oxygen atoms in total. The van der Waals surface area contributed by atoms with Crippen LogP contribution in [0.3, 0.4) is 0 Å². The Balaban J connectivity index is 1.87. The molecule has 0 amide bonds. The van der Waals surface area contributed by atoms with Crippen molar-refractivity contribution in [1.29, 1.82) is 0 Å². The SMILES string of the molecule is CNS(=O)(=O)CCNCc1cc2ccccc2o1. The van der Waals surface area contributed by atoms with Gasteiger partial charge >= 0.3 is 0 Å². The molecule has 6 heteroatoms. The van der Waals surface area contributed by atoms with Gasteiger partial charge in [0.1, 0.15) is 11.3 Å². The Labute approximate surface area is 106 Å². The summed E-state index contributed by atoms with van der Waals surface area (Å²) in [5, 5.41) is 4.09. The molecule has 0 aliphatic heterocycles. The molecule has 0 fully saturated rings. The minimum atomic E-state index is -3.14. The van der Waals surface area contributed by atoms with Crippen molar-refractivity contribution in [3.8, 4) is 0 Å². The molecular weight excluding hydrogens is 252 g/mol. The molecule has 0 unspecified atom stereocenters. The lowest BCUT2D eigenvalue weighted by atomic mass is 10.2. The maximum atomic E-state index is 11.2. The maximum Gasteiger partial charge on any atom is 0.212 e. The van der Waals surface area contributed by atoms with E-state index in [4.69, 9.17) is 4.42 Å². The summed E-state index contributed by atoms with van der Waals surface area (Å²) in [6.45, 7) is 0.911. The number of fused-ring (bicyclic) bond motifs is 1.